The van der Waals surface area contributed by atoms with Crippen LogP contribution >= 0.6 is 0 Å². The highest BCUT2D eigenvalue weighted by molar-refractivity contribution is 4.86. The molecule has 0 heterocycles. The van der Waals surface area contributed by atoms with Crippen molar-refractivity contribution in [2.75, 3.05) is 19.8 Å². The van der Waals surface area contributed by atoms with E-state index in [1.807, 2.05) is 20.8 Å². The largest absolute Gasteiger partial charge is 0.396 e. The van der Waals surface area contributed by atoms with Crippen molar-refractivity contribution in [2.45, 2.75) is 59.7 Å². The van der Waals surface area contributed by atoms with E-state index in [1.54, 1.807) is 0 Å². The molecule has 0 amide bonds. The molecule has 0 spiro atoms. The fraction of sp³-hybridized carbons (Fsp3) is 1.00. The Hall–Kier alpha value is -0.160. The van der Waals surface area contributed by atoms with Crippen molar-refractivity contribution in [1.82, 2.24) is 4.90 Å². The number of aliphatic hydroxyl groups excluding tert-OH is 3. The molecule has 6 unspecified atom stereocenters. The lowest BCUT2D eigenvalue weighted by atomic mass is 9.91. The fourth-order valence-corrected chi connectivity index (χ4v) is 2.45. The van der Waals surface area contributed by atoms with Crippen LogP contribution in [0.5, 0.6) is 0 Å². The Labute approximate surface area is 118 Å². The molecule has 0 rings (SSSR count). The summed E-state index contributed by atoms with van der Waals surface area (Å²) in [6.45, 7) is 12.9. The van der Waals surface area contributed by atoms with Gasteiger partial charge in [-0.3, -0.25) is 4.90 Å². The zero-order valence-corrected chi connectivity index (χ0v) is 13.4. The normalized spacial score (nSPS) is 21.8. The molecule has 19 heavy (non-hydrogen) atoms. The van der Waals surface area contributed by atoms with Gasteiger partial charge in [0.2, 0.25) is 0 Å². The molecule has 0 aromatic heterocycles. The van der Waals surface area contributed by atoms with Crippen molar-refractivity contribution < 1.29 is 15.3 Å². The van der Waals surface area contributed by atoms with Gasteiger partial charge in [0, 0.05) is 37.9 Å². The molecule has 3 N–H and O–H groups in total. The zero-order valence-electron chi connectivity index (χ0n) is 13.4. The molecule has 0 aliphatic heterocycles. The molecule has 6 atom stereocenters. The van der Waals surface area contributed by atoms with Crippen LogP contribution in [-0.4, -0.2) is 58.2 Å². The molecule has 0 aromatic carbocycles. The lowest BCUT2D eigenvalue weighted by Gasteiger charge is -2.45. The summed E-state index contributed by atoms with van der Waals surface area (Å²) in [6.07, 6.45) is 0. The Morgan fingerprint density at radius 2 is 0.789 bits per heavy atom. The van der Waals surface area contributed by atoms with Gasteiger partial charge in [-0.15, -0.1) is 0 Å². The highest BCUT2D eigenvalue weighted by Crippen LogP contribution is 2.25. The molecule has 0 aromatic rings. The van der Waals surface area contributed by atoms with E-state index in [0.717, 1.165) is 0 Å². The van der Waals surface area contributed by atoms with Crippen molar-refractivity contribution >= 4 is 0 Å². The van der Waals surface area contributed by atoms with E-state index in [0.29, 0.717) is 0 Å². The van der Waals surface area contributed by atoms with Gasteiger partial charge in [0.05, 0.1) is 0 Å². The van der Waals surface area contributed by atoms with Crippen molar-refractivity contribution in [2.24, 2.45) is 17.8 Å². The lowest BCUT2D eigenvalue weighted by Crippen LogP contribution is -2.54. The summed E-state index contributed by atoms with van der Waals surface area (Å²) in [5, 5.41) is 28.2. The summed E-state index contributed by atoms with van der Waals surface area (Å²) in [6, 6.07) is 0.619. The van der Waals surface area contributed by atoms with Crippen LogP contribution in [0.25, 0.3) is 0 Å². The Morgan fingerprint density at radius 1 is 0.579 bits per heavy atom. The summed E-state index contributed by atoms with van der Waals surface area (Å²) in [7, 11) is 0. The van der Waals surface area contributed by atoms with E-state index in [2.05, 4.69) is 25.7 Å². The van der Waals surface area contributed by atoms with E-state index >= 15 is 0 Å². The maximum atomic E-state index is 9.38. The molecular weight excluding hydrogens is 242 g/mol. The second-order valence-electron chi connectivity index (χ2n) is 6.15. The van der Waals surface area contributed by atoms with Gasteiger partial charge in [-0.2, -0.15) is 0 Å². The SMILES string of the molecule is CC(CO)C(C)N(C(C)C(C)CO)C(C)C(C)CO. The molecule has 0 saturated carbocycles. The van der Waals surface area contributed by atoms with Gasteiger partial charge in [0.1, 0.15) is 0 Å². The molecule has 0 saturated heterocycles. The molecule has 0 aliphatic rings. The standard InChI is InChI=1S/C15H33NO3/c1-10(7-17)13(4)16(14(5)11(2)8-18)15(6)12(3)9-19/h10-15,17-19H,7-9H2,1-6H3. The number of hydrogen-bond acceptors (Lipinski definition) is 4. The van der Waals surface area contributed by atoms with Crippen molar-refractivity contribution in [1.29, 1.82) is 0 Å². The fourth-order valence-electron chi connectivity index (χ4n) is 2.45. The molecule has 0 fully saturated rings. The predicted octanol–water partition coefficient (Wildman–Crippen LogP) is 1.34. The van der Waals surface area contributed by atoms with Crippen molar-refractivity contribution in [3.63, 3.8) is 0 Å². The van der Waals surface area contributed by atoms with Crippen molar-refractivity contribution in [3.05, 3.63) is 0 Å². The maximum Gasteiger partial charge on any atom is 0.0471 e. The Kier molecular flexibility index (Phi) is 8.83. The van der Waals surface area contributed by atoms with E-state index in [4.69, 9.17) is 0 Å². The first-order chi connectivity index (χ1) is 8.81. The van der Waals surface area contributed by atoms with Crippen LogP contribution in [0.15, 0.2) is 0 Å². The summed E-state index contributed by atoms with van der Waals surface area (Å²) < 4.78 is 0. The van der Waals surface area contributed by atoms with Gasteiger partial charge in [0.25, 0.3) is 0 Å². The summed E-state index contributed by atoms with van der Waals surface area (Å²) in [5.41, 5.74) is 0. The summed E-state index contributed by atoms with van der Waals surface area (Å²) in [4.78, 5) is 2.34. The first kappa shape index (κ1) is 18.8. The minimum absolute atomic E-state index is 0.151. The van der Waals surface area contributed by atoms with E-state index in [1.165, 1.54) is 0 Å². The second kappa shape index (κ2) is 8.90. The molecular formula is C15H33NO3. The number of hydrogen-bond donors (Lipinski definition) is 3. The Bertz CT molecular complexity index is 199. The quantitative estimate of drug-likeness (QED) is 0.594. The van der Waals surface area contributed by atoms with Gasteiger partial charge < -0.3 is 15.3 Å². The van der Waals surface area contributed by atoms with Crippen LogP contribution in [0.2, 0.25) is 0 Å². The molecule has 4 nitrogen and oxygen atoms in total. The van der Waals surface area contributed by atoms with Gasteiger partial charge in [-0.1, -0.05) is 20.8 Å². The minimum atomic E-state index is 0.151. The maximum absolute atomic E-state index is 9.38. The molecule has 4 heteroatoms. The summed E-state index contributed by atoms with van der Waals surface area (Å²) >= 11 is 0. The zero-order chi connectivity index (χ0) is 15.2. The van der Waals surface area contributed by atoms with Crippen LogP contribution in [0, 0.1) is 17.8 Å². The predicted molar refractivity (Wildman–Crippen MR) is 79.0 cm³/mol. The smallest absolute Gasteiger partial charge is 0.0471 e. The van der Waals surface area contributed by atoms with Gasteiger partial charge in [-0.25, -0.2) is 0 Å². The van der Waals surface area contributed by atoms with E-state index < -0.39 is 0 Å². The lowest BCUT2D eigenvalue weighted by molar-refractivity contribution is -0.00565. The monoisotopic (exact) mass is 275 g/mol. The van der Waals surface area contributed by atoms with Crippen LogP contribution in [0.4, 0.5) is 0 Å². The third-order valence-electron chi connectivity index (χ3n) is 4.75. The molecule has 0 radical (unpaired) electrons. The summed E-state index contributed by atoms with van der Waals surface area (Å²) in [5.74, 6) is 0.505. The number of rotatable bonds is 9. The third-order valence-corrected chi connectivity index (χ3v) is 4.75. The topological polar surface area (TPSA) is 63.9 Å². The first-order valence-electron chi connectivity index (χ1n) is 7.41. The third kappa shape index (κ3) is 5.03. The average molecular weight is 275 g/mol. The number of aliphatic hydroxyl groups is 3. The van der Waals surface area contributed by atoms with Gasteiger partial charge >= 0.3 is 0 Å². The minimum Gasteiger partial charge on any atom is -0.396 e. The van der Waals surface area contributed by atoms with Crippen LogP contribution in [0.1, 0.15) is 41.5 Å². The van der Waals surface area contributed by atoms with Gasteiger partial charge in [-0.05, 0) is 38.5 Å². The van der Waals surface area contributed by atoms with E-state index in [-0.39, 0.29) is 55.7 Å². The molecule has 116 valence electrons. The highest BCUT2D eigenvalue weighted by atomic mass is 16.3. The molecule has 0 bridgehead atoms. The number of nitrogens with zero attached hydrogens (tertiary/aromatic N) is 1. The average Bonchev–Trinajstić information content (AvgIpc) is 2.43. The van der Waals surface area contributed by atoms with Gasteiger partial charge in [0.15, 0.2) is 0 Å². The first-order valence-corrected chi connectivity index (χ1v) is 7.41. The highest BCUT2D eigenvalue weighted by Gasteiger charge is 2.33. The Morgan fingerprint density at radius 3 is 0.947 bits per heavy atom. The van der Waals surface area contributed by atoms with E-state index in [9.17, 15) is 15.3 Å². The molecule has 0 aliphatic carbocycles. The second-order valence-corrected chi connectivity index (χ2v) is 6.15. The van der Waals surface area contributed by atoms with Crippen LogP contribution in [-0.2, 0) is 0 Å². The van der Waals surface area contributed by atoms with Crippen molar-refractivity contribution in [3.8, 4) is 0 Å². The Balaban J connectivity index is 5.12. The van der Waals surface area contributed by atoms with Crippen LogP contribution in [0.3, 0.4) is 0 Å². The van der Waals surface area contributed by atoms with Crippen LogP contribution < -0.4 is 0 Å².